The van der Waals surface area contributed by atoms with Crippen LogP contribution in [0.4, 0.5) is 0 Å². The fourth-order valence-corrected chi connectivity index (χ4v) is 1.97. The molecule has 1 heterocycles. The summed E-state index contributed by atoms with van der Waals surface area (Å²) < 4.78 is 1.54. The van der Waals surface area contributed by atoms with Gasteiger partial charge in [0.15, 0.2) is 0 Å². The number of nitrogens with zero attached hydrogens (tertiary/aromatic N) is 2. The largest absolute Gasteiger partial charge is 0.295 e. The first-order valence-electron chi connectivity index (χ1n) is 6.18. The van der Waals surface area contributed by atoms with E-state index in [1.165, 1.54) is 22.5 Å². The van der Waals surface area contributed by atoms with Crippen molar-refractivity contribution < 1.29 is 0 Å². The molecule has 19 heavy (non-hydrogen) atoms. The van der Waals surface area contributed by atoms with Crippen LogP contribution in [0.1, 0.15) is 31.9 Å². The average Bonchev–Trinajstić information content (AvgIpc) is 2.32. The third-order valence-electron chi connectivity index (χ3n) is 3.02. The number of aromatic nitrogens is 2. The van der Waals surface area contributed by atoms with E-state index in [2.05, 4.69) is 37.9 Å². The lowest BCUT2D eigenvalue weighted by Gasteiger charge is -2.19. The van der Waals surface area contributed by atoms with Crippen LogP contribution in [-0.2, 0) is 12.0 Å². The zero-order valence-electron chi connectivity index (χ0n) is 11.4. The van der Waals surface area contributed by atoms with E-state index in [1.54, 1.807) is 0 Å². The van der Waals surface area contributed by atoms with Crippen molar-refractivity contribution in [1.29, 1.82) is 0 Å². The molecule has 0 atom stereocenters. The summed E-state index contributed by atoms with van der Waals surface area (Å²) >= 11 is 5.67. The van der Waals surface area contributed by atoms with E-state index in [1.807, 2.05) is 12.1 Å². The molecule has 4 heteroatoms. The molecule has 2 rings (SSSR count). The fraction of sp³-hybridized carbons (Fsp3) is 0.333. The minimum absolute atomic E-state index is 0.136. The van der Waals surface area contributed by atoms with Gasteiger partial charge in [-0.2, -0.15) is 0 Å². The van der Waals surface area contributed by atoms with E-state index >= 15 is 0 Å². The van der Waals surface area contributed by atoms with Gasteiger partial charge in [-0.1, -0.05) is 56.6 Å². The molecule has 3 nitrogen and oxygen atoms in total. The van der Waals surface area contributed by atoms with Gasteiger partial charge < -0.3 is 0 Å². The third-order valence-corrected chi connectivity index (χ3v) is 3.23. The van der Waals surface area contributed by atoms with Crippen LogP contribution >= 0.6 is 11.6 Å². The molecule has 2 aromatic rings. The van der Waals surface area contributed by atoms with Gasteiger partial charge in [0, 0.05) is 6.07 Å². The Morgan fingerprint density at radius 1 is 1.21 bits per heavy atom. The van der Waals surface area contributed by atoms with Crippen molar-refractivity contribution in [2.45, 2.75) is 32.7 Å². The highest BCUT2D eigenvalue weighted by atomic mass is 35.5. The molecule has 0 unspecified atom stereocenters. The standard InChI is InChI=1S/C15H17ClN2O/c1-15(2,3)12-6-4-11(5-7-12)9-18-10-17-13(16)8-14(18)19/h4-8,10H,9H2,1-3H3. The number of benzene rings is 1. The van der Waals surface area contributed by atoms with Gasteiger partial charge in [-0.15, -0.1) is 0 Å². The lowest BCUT2D eigenvalue weighted by Crippen LogP contribution is -2.20. The van der Waals surface area contributed by atoms with E-state index in [9.17, 15) is 4.79 Å². The predicted octanol–water partition coefficient (Wildman–Crippen LogP) is 3.24. The Labute approximate surface area is 117 Å². The molecule has 100 valence electrons. The maximum absolute atomic E-state index is 11.7. The maximum Gasteiger partial charge on any atom is 0.255 e. The second-order valence-corrected chi connectivity index (χ2v) is 6.01. The molecule has 0 aliphatic heterocycles. The van der Waals surface area contributed by atoms with Crippen molar-refractivity contribution in [3.8, 4) is 0 Å². The Kier molecular flexibility index (Phi) is 3.76. The number of hydrogen-bond donors (Lipinski definition) is 0. The molecule has 0 aliphatic rings. The van der Waals surface area contributed by atoms with Crippen molar-refractivity contribution in [3.63, 3.8) is 0 Å². The summed E-state index contributed by atoms with van der Waals surface area (Å²) in [6.07, 6.45) is 1.47. The Morgan fingerprint density at radius 3 is 2.37 bits per heavy atom. The van der Waals surface area contributed by atoms with Gasteiger partial charge in [0.2, 0.25) is 0 Å². The monoisotopic (exact) mass is 276 g/mol. The van der Waals surface area contributed by atoms with Crippen molar-refractivity contribution in [2.75, 3.05) is 0 Å². The second kappa shape index (κ2) is 5.17. The number of halogens is 1. The Morgan fingerprint density at radius 2 is 1.84 bits per heavy atom. The second-order valence-electron chi connectivity index (χ2n) is 5.62. The zero-order chi connectivity index (χ0) is 14.0. The van der Waals surface area contributed by atoms with E-state index < -0.39 is 0 Å². The fourth-order valence-electron chi connectivity index (χ4n) is 1.83. The quantitative estimate of drug-likeness (QED) is 0.789. The predicted molar refractivity (Wildman–Crippen MR) is 77.8 cm³/mol. The van der Waals surface area contributed by atoms with Crippen LogP contribution in [0.15, 0.2) is 41.5 Å². The minimum Gasteiger partial charge on any atom is -0.295 e. The molecule has 0 saturated heterocycles. The molecule has 1 aromatic heterocycles. The SMILES string of the molecule is CC(C)(C)c1ccc(Cn2cnc(Cl)cc2=O)cc1. The highest BCUT2D eigenvalue weighted by Gasteiger charge is 2.12. The van der Waals surface area contributed by atoms with E-state index in [4.69, 9.17) is 11.6 Å². The lowest BCUT2D eigenvalue weighted by atomic mass is 9.87. The molecule has 0 N–H and O–H groups in total. The normalized spacial score (nSPS) is 11.6. The molecule has 1 aromatic carbocycles. The molecule has 0 radical (unpaired) electrons. The Hall–Kier alpha value is -1.61. The van der Waals surface area contributed by atoms with Crippen molar-refractivity contribution in [1.82, 2.24) is 9.55 Å². The molecule has 0 aliphatic carbocycles. The van der Waals surface area contributed by atoms with E-state index in [0.29, 0.717) is 6.54 Å². The minimum atomic E-state index is -0.139. The van der Waals surface area contributed by atoms with Crippen molar-refractivity contribution in [2.24, 2.45) is 0 Å². The van der Waals surface area contributed by atoms with Crippen molar-refractivity contribution >= 4 is 11.6 Å². The van der Waals surface area contributed by atoms with Gasteiger partial charge in [0.05, 0.1) is 12.9 Å². The molecule has 0 spiro atoms. The highest BCUT2D eigenvalue weighted by molar-refractivity contribution is 6.29. The van der Waals surface area contributed by atoms with Crippen LogP contribution in [0.3, 0.4) is 0 Å². The molecule has 0 fully saturated rings. The number of hydrogen-bond acceptors (Lipinski definition) is 2. The highest BCUT2D eigenvalue weighted by Crippen LogP contribution is 2.22. The van der Waals surface area contributed by atoms with Crippen LogP contribution in [0.5, 0.6) is 0 Å². The Bertz CT molecular complexity index is 624. The van der Waals surface area contributed by atoms with Gasteiger partial charge >= 0.3 is 0 Å². The van der Waals surface area contributed by atoms with Gasteiger partial charge in [0.1, 0.15) is 5.15 Å². The van der Waals surface area contributed by atoms with Crippen LogP contribution in [0.2, 0.25) is 5.15 Å². The summed E-state index contributed by atoms with van der Waals surface area (Å²) in [4.78, 5) is 15.6. The summed E-state index contributed by atoms with van der Waals surface area (Å²) in [5, 5.41) is 0.226. The Balaban J connectivity index is 2.22. The van der Waals surface area contributed by atoms with Crippen LogP contribution in [0, 0.1) is 0 Å². The van der Waals surface area contributed by atoms with E-state index in [0.717, 1.165) is 5.56 Å². The first kappa shape index (κ1) is 13.8. The summed E-state index contributed by atoms with van der Waals surface area (Å²) in [6, 6.07) is 9.61. The summed E-state index contributed by atoms with van der Waals surface area (Å²) in [6.45, 7) is 7.04. The molecule has 0 amide bonds. The third kappa shape index (κ3) is 3.44. The van der Waals surface area contributed by atoms with Crippen molar-refractivity contribution in [3.05, 3.63) is 63.3 Å². The summed E-state index contributed by atoms with van der Waals surface area (Å²) in [7, 11) is 0. The zero-order valence-corrected chi connectivity index (χ0v) is 12.1. The summed E-state index contributed by atoms with van der Waals surface area (Å²) in [5.41, 5.74) is 2.34. The van der Waals surface area contributed by atoms with E-state index in [-0.39, 0.29) is 16.1 Å². The lowest BCUT2D eigenvalue weighted by molar-refractivity contribution is 0.589. The van der Waals surface area contributed by atoms with Crippen LogP contribution in [0.25, 0.3) is 0 Å². The first-order valence-corrected chi connectivity index (χ1v) is 6.55. The topological polar surface area (TPSA) is 34.9 Å². The average molecular weight is 277 g/mol. The smallest absolute Gasteiger partial charge is 0.255 e. The molecule has 0 bridgehead atoms. The van der Waals surface area contributed by atoms with Gasteiger partial charge in [0.25, 0.3) is 5.56 Å². The maximum atomic E-state index is 11.7. The van der Waals surface area contributed by atoms with Crippen LogP contribution in [-0.4, -0.2) is 9.55 Å². The molecule has 0 saturated carbocycles. The summed E-state index contributed by atoms with van der Waals surface area (Å²) in [5.74, 6) is 0. The number of rotatable bonds is 2. The molecular formula is C15H17ClN2O. The first-order chi connectivity index (χ1) is 8.86. The van der Waals surface area contributed by atoms with Crippen LogP contribution < -0.4 is 5.56 Å². The van der Waals surface area contributed by atoms with Gasteiger partial charge in [-0.05, 0) is 16.5 Å². The van der Waals surface area contributed by atoms with Gasteiger partial charge in [-0.3, -0.25) is 9.36 Å². The molecular weight excluding hydrogens is 260 g/mol. The van der Waals surface area contributed by atoms with Gasteiger partial charge in [-0.25, -0.2) is 4.98 Å².